The molecule has 0 atom stereocenters. The van der Waals surface area contributed by atoms with Gasteiger partial charge in [-0.2, -0.15) is 0 Å². The minimum Gasteiger partial charge on any atom is -0.494 e. The molecular weight excluding hydrogens is 202 g/mol. The van der Waals surface area contributed by atoms with E-state index in [0.29, 0.717) is 24.8 Å². The molecule has 0 saturated carbocycles. The van der Waals surface area contributed by atoms with Gasteiger partial charge < -0.3 is 10.1 Å². The maximum absolute atomic E-state index is 11.8. The van der Waals surface area contributed by atoms with E-state index in [1.807, 2.05) is 39.0 Å². The highest BCUT2D eigenvalue weighted by Gasteiger charge is 2.07. The second-order valence-corrected chi connectivity index (χ2v) is 3.92. The predicted molar refractivity (Wildman–Crippen MR) is 65.1 cm³/mol. The lowest BCUT2D eigenvalue weighted by molar-refractivity contribution is 0.0988. The predicted octanol–water partition coefficient (Wildman–Crippen LogP) is 2.27. The highest BCUT2D eigenvalue weighted by atomic mass is 16.5. The molecule has 0 bridgehead atoms. The number of Topliss-reactive ketones (excluding diaryl/α,β-unsaturated/α-hetero) is 1. The molecule has 1 rings (SSSR count). The van der Waals surface area contributed by atoms with E-state index in [9.17, 15) is 4.79 Å². The Hall–Kier alpha value is -1.35. The first kappa shape index (κ1) is 12.7. The third-order valence-corrected chi connectivity index (χ3v) is 2.14. The largest absolute Gasteiger partial charge is 0.494 e. The molecule has 0 aromatic heterocycles. The van der Waals surface area contributed by atoms with E-state index in [4.69, 9.17) is 4.74 Å². The summed E-state index contributed by atoms with van der Waals surface area (Å²) in [5.74, 6) is 0.841. The van der Waals surface area contributed by atoms with Crippen LogP contribution in [-0.4, -0.2) is 25.0 Å². The van der Waals surface area contributed by atoms with Gasteiger partial charge in [-0.25, -0.2) is 0 Å². The van der Waals surface area contributed by atoms with Crippen LogP contribution in [0.25, 0.3) is 0 Å². The zero-order valence-corrected chi connectivity index (χ0v) is 10.1. The van der Waals surface area contributed by atoms with Gasteiger partial charge in [-0.3, -0.25) is 4.79 Å². The molecule has 16 heavy (non-hydrogen) atoms. The number of rotatable bonds is 6. The molecular formula is C13H19NO2. The molecule has 0 spiro atoms. The van der Waals surface area contributed by atoms with Crippen LogP contribution in [0.4, 0.5) is 0 Å². The molecule has 1 aromatic carbocycles. The van der Waals surface area contributed by atoms with Crippen molar-refractivity contribution >= 4 is 5.78 Å². The Labute approximate surface area is 96.8 Å². The van der Waals surface area contributed by atoms with Crippen LogP contribution in [0.15, 0.2) is 24.3 Å². The summed E-state index contributed by atoms with van der Waals surface area (Å²) in [7, 11) is 0. The van der Waals surface area contributed by atoms with Crippen molar-refractivity contribution in [1.82, 2.24) is 5.32 Å². The van der Waals surface area contributed by atoms with E-state index < -0.39 is 0 Å². The first-order valence-electron chi connectivity index (χ1n) is 5.63. The van der Waals surface area contributed by atoms with Crippen LogP contribution in [-0.2, 0) is 0 Å². The van der Waals surface area contributed by atoms with Crippen LogP contribution in [0.3, 0.4) is 0 Å². The summed E-state index contributed by atoms with van der Waals surface area (Å²) in [5, 5.41) is 3.10. The lowest BCUT2D eigenvalue weighted by Crippen LogP contribution is -2.29. The summed E-state index contributed by atoms with van der Waals surface area (Å²) < 4.78 is 5.35. The molecule has 3 heteroatoms. The molecule has 0 fully saturated rings. The van der Waals surface area contributed by atoms with Crippen molar-refractivity contribution in [2.24, 2.45) is 0 Å². The molecule has 0 radical (unpaired) electrons. The van der Waals surface area contributed by atoms with Crippen molar-refractivity contribution < 1.29 is 9.53 Å². The monoisotopic (exact) mass is 221 g/mol. The number of ether oxygens (including phenoxy) is 1. The van der Waals surface area contributed by atoms with Crippen molar-refractivity contribution in [2.75, 3.05) is 13.2 Å². The fraction of sp³-hybridized carbons (Fsp3) is 0.462. The normalized spacial score (nSPS) is 10.5. The smallest absolute Gasteiger partial charge is 0.176 e. The minimum absolute atomic E-state index is 0.0928. The zero-order chi connectivity index (χ0) is 12.0. The highest BCUT2D eigenvalue weighted by molar-refractivity contribution is 5.97. The standard InChI is InChI=1S/C13H19NO2/c1-4-16-12-7-5-6-11(8-12)13(15)9-14-10(2)3/h5-8,10,14H,4,9H2,1-3H3. The van der Waals surface area contributed by atoms with Gasteiger partial charge in [0.1, 0.15) is 5.75 Å². The van der Waals surface area contributed by atoms with E-state index >= 15 is 0 Å². The Morgan fingerprint density at radius 3 is 2.81 bits per heavy atom. The average Bonchev–Trinajstić information content (AvgIpc) is 2.26. The SMILES string of the molecule is CCOc1cccc(C(=O)CNC(C)C)c1. The summed E-state index contributed by atoms with van der Waals surface area (Å²) in [6, 6.07) is 7.61. The Bertz CT molecular complexity index is 348. The van der Waals surface area contributed by atoms with E-state index in [1.165, 1.54) is 0 Å². The van der Waals surface area contributed by atoms with E-state index in [0.717, 1.165) is 5.75 Å². The van der Waals surface area contributed by atoms with Gasteiger partial charge in [0.05, 0.1) is 13.2 Å². The molecule has 0 heterocycles. The van der Waals surface area contributed by atoms with E-state index in [-0.39, 0.29) is 5.78 Å². The first-order valence-corrected chi connectivity index (χ1v) is 5.63. The van der Waals surface area contributed by atoms with Gasteiger partial charge in [0, 0.05) is 11.6 Å². The summed E-state index contributed by atoms with van der Waals surface area (Å²) in [6.07, 6.45) is 0. The Kier molecular flexibility index (Phi) is 4.99. The highest BCUT2D eigenvalue weighted by Crippen LogP contribution is 2.13. The molecule has 0 saturated heterocycles. The van der Waals surface area contributed by atoms with Crippen LogP contribution >= 0.6 is 0 Å². The molecule has 3 nitrogen and oxygen atoms in total. The van der Waals surface area contributed by atoms with Crippen LogP contribution in [0.5, 0.6) is 5.75 Å². The van der Waals surface area contributed by atoms with Crippen LogP contribution in [0.2, 0.25) is 0 Å². The lowest BCUT2D eigenvalue weighted by atomic mass is 10.1. The molecule has 1 aromatic rings. The first-order chi connectivity index (χ1) is 7.63. The molecule has 0 aliphatic carbocycles. The van der Waals surface area contributed by atoms with Crippen LogP contribution < -0.4 is 10.1 Å². The van der Waals surface area contributed by atoms with Gasteiger partial charge in [0.25, 0.3) is 0 Å². The van der Waals surface area contributed by atoms with Crippen LogP contribution in [0, 0.1) is 0 Å². The van der Waals surface area contributed by atoms with Crippen molar-refractivity contribution in [3.8, 4) is 5.75 Å². The molecule has 0 unspecified atom stereocenters. The van der Waals surface area contributed by atoms with Crippen molar-refractivity contribution in [1.29, 1.82) is 0 Å². The summed E-state index contributed by atoms with van der Waals surface area (Å²) >= 11 is 0. The van der Waals surface area contributed by atoms with Gasteiger partial charge in [-0.05, 0) is 19.1 Å². The second kappa shape index (κ2) is 6.28. The molecule has 0 aliphatic rings. The van der Waals surface area contributed by atoms with Gasteiger partial charge in [-0.1, -0.05) is 26.0 Å². The number of carbonyl (C=O) groups is 1. The van der Waals surface area contributed by atoms with Gasteiger partial charge in [0.15, 0.2) is 5.78 Å². The zero-order valence-electron chi connectivity index (χ0n) is 10.1. The fourth-order valence-corrected chi connectivity index (χ4v) is 1.32. The molecule has 88 valence electrons. The number of hydrogen-bond donors (Lipinski definition) is 1. The van der Waals surface area contributed by atoms with Gasteiger partial charge in [-0.15, -0.1) is 0 Å². The maximum Gasteiger partial charge on any atom is 0.176 e. The summed E-state index contributed by atoms with van der Waals surface area (Å²) in [4.78, 5) is 11.8. The van der Waals surface area contributed by atoms with Crippen molar-refractivity contribution in [3.63, 3.8) is 0 Å². The Balaban J connectivity index is 2.64. The number of nitrogens with one attached hydrogen (secondary N) is 1. The average molecular weight is 221 g/mol. The van der Waals surface area contributed by atoms with Crippen LogP contribution in [0.1, 0.15) is 31.1 Å². The topological polar surface area (TPSA) is 38.3 Å². The quantitative estimate of drug-likeness (QED) is 0.749. The lowest BCUT2D eigenvalue weighted by Gasteiger charge is -2.08. The van der Waals surface area contributed by atoms with Crippen molar-refractivity contribution in [2.45, 2.75) is 26.8 Å². The summed E-state index contributed by atoms with van der Waals surface area (Å²) in [5.41, 5.74) is 0.694. The number of benzene rings is 1. The number of carbonyl (C=O) groups excluding carboxylic acids is 1. The molecule has 1 N–H and O–H groups in total. The Morgan fingerprint density at radius 2 is 2.19 bits per heavy atom. The van der Waals surface area contributed by atoms with Crippen molar-refractivity contribution in [3.05, 3.63) is 29.8 Å². The summed E-state index contributed by atoms with van der Waals surface area (Å²) in [6.45, 7) is 6.94. The third kappa shape index (κ3) is 4.03. The Morgan fingerprint density at radius 1 is 1.44 bits per heavy atom. The minimum atomic E-state index is 0.0928. The fourth-order valence-electron chi connectivity index (χ4n) is 1.32. The van der Waals surface area contributed by atoms with Gasteiger partial charge >= 0.3 is 0 Å². The second-order valence-electron chi connectivity index (χ2n) is 3.92. The van der Waals surface area contributed by atoms with Gasteiger partial charge in [0.2, 0.25) is 0 Å². The molecule has 0 aliphatic heterocycles. The maximum atomic E-state index is 11.8. The molecule has 0 amide bonds. The van der Waals surface area contributed by atoms with E-state index in [2.05, 4.69) is 5.32 Å². The number of hydrogen-bond acceptors (Lipinski definition) is 3. The third-order valence-electron chi connectivity index (χ3n) is 2.14. The van der Waals surface area contributed by atoms with E-state index in [1.54, 1.807) is 6.07 Å². The number of ketones is 1.